The van der Waals surface area contributed by atoms with E-state index in [1.165, 1.54) is 0 Å². The fourth-order valence-corrected chi connectivity index (χ4v) is 4.11. The minimum absolute atomic E-state index is 0.174. The lowest BCUT2D eigenvalue weighted by molar-refractivity contribution is -0.137. The molecule has 0 unspecified atom stereocenters. The molecule has 5 nitrogen and oxygen atoms in total. The van der Waals surface area contributed by atoms with Gasteiger partial charge in [0.05, 0.1) is 6.61 Å². The van der Waals surface area contributed by atoms with Crippen LogP contribution < -0.4 is 0 Å². The van der Waals surface area contributed by atoms with Gasteiger partial charge in [0.1, 0.15) is 0 Å². The van der Waals surface area contributed by atoms with E-state index < -0.39 is 0 Å². The van der Waals surface area contributed by atoms with Crippen molar-refractivity contribution in [1.82, 2.24) is 9.80 Å². The molecule has 0 radical (unpaired) electrons. The van der Waals surface area contributed by atoms with Crippen LogP contribution in [0.5, 0.6) is 0 Å². The summed E-state index contributed by atoms with van der Waals surface area (Å²) in [4.78, 5) is 28.8. The first-order valence-corrected chi connectivity index (χ1v) is 10.4. The van der Waals surface area contributed by atoms with Crippen LogP contribution >= 0.6 is 0 Å². The normalized spacial score (nSPS) is 25.2. The van der Waals surface area contributed by atoms with Gasteiger partial charge in [-0.15, -0.1) is 0 Å². The van der Waals surface area contributed by atoms with E-state index >= 15 is 0 Å². The van der Waals surface area contributed by atoms with E-state index in [9.17, 15) is 9.59 Å². The van der Waals surface area contributed by atoms with Gasteiger partial charge in [-0.1, -0.05) is 34.6 Å². The smallest absolute Gasteiger partial charge is 0.409 e. The molecule has 1 heterocycles. The van der Waals surface area contributed by atoms with Crippen LogP contribution in [0.2, 0.25) is 0 Å². The van der Waals surface area contributed by atoms with Gasteiger partial charge in [-0.2, -0.15) is 0 Å². The molecule has 0 N–H and O–H groups in total. The number of ether oxygens (including phenoxy) is 1. The molecule has 5 heteroatoms. The standard InChI is InChI=1S/C21H38N2O3/c1-16(2)15-26-20(25)23-12-6-11-22(13-14-23)19(24)17-7-9-18(10-8-17)21(3,4)5/h16-18H,6-15H2,1-5H3. The average molecular weight is 367 g/mol. The van der Waals surface area contributed by atoms with Crippen LogP contribution in [-0.4, -0.2) is 54.6 Å². The molecule has 0 bridgehead atoms. The molecule has 2 fully saturated rings. The molecule has 1 saturated heterocycles. The summed E-state index contributed by atoms with van der Waals surface area (Å²) in [6.45, 7) is 14.1. The van der Waals surface area contributed by atoms with E-state index in [1.807, 2.05) is 18.7 Å². The molecule has 2 amide bonds. The summed E-state index contributed by atoms with van der Waals surface area (Å²) in [5, 5.41) is 0. The molecule has 0 aromatic carbocycles. The zero-order valence-corrected chi connectivity index (χ0v) is 17.4. The third-order valence-corrected chi connectivity index (χ3v) is 5.91. The Morgan fingerprint density at radius 2 is 1.54 bits per heavy atom. The van der Waals surface area contributed by atoms with Crippen LogP contribution in [0.15, 0.2) is 0 Å². The number of hydrogen-bond acceptors (Lipinski definition) is 3. The number of nitrogens with zero attached hydrogens (tertiary/aromatic N) is 2. The van der Waals surface area contributed by atoms with Gasteiger partial charge < -0.3 is 14.5 Å². The molecule has 0 aromatic heterocycles. The lowest BCUT2D eigenvalue weighted by Crippen LogP contribution is -2.41. The zero-order valence-electron chi connectivity index (χ0n) is 17.4. The Hall–Kier alpha value is -1.26. The molecule has 1 aliphatic heterocycles. The molecule has 2 aliphatic rings. The van der Waals surface area contributed by atoms with Gasteiger partial charge in [-0.25, -0.2) is 4.79 Å². The Balaban J connectivity index is 1.81. The lowest BCUT2D eigenvalue weighted by atomic mass is 9.69. The van der Waals surface area contributed by atoms with Crippen LogP contribution in [0.4, 0.5) is 4.79 Å². The van der Waals surface area contributed by atoms with Crippen molar-refractivity contribution in [2.24, 2.45) is 23.2 Å². The summed E-state index contributed by atoms with van der Waals surface area (Å²) < 4.78 is 5.34. The molecule has 2 rings (SSSR count). The second kappa shape index (κ2) is 9.09. The summed E-state index contributed by atoms with van der Waals surface area (Å²) in [7, 11) is 0. The largest absolute Gasteiger partial charge is 0.449 e. The molecule has 1 aliphatic carbocycles. The highest BCUT2D eigenvalue weighted by Crippen LogP contribution is 2.40. The van der Waals surface area contributed by atoms with Gasteiger partial charge in [0.25, 0.3) is 0 Å². The number of hydrogen-bond donors (Lipinski definition) is 0. The Bertz CT molecular complexity index is 476. The van der Waals surface area contributed by atoms with E-state index in [1.54, 1.807) is 4.90 Å². The first kappa shape index (κ1) is 21.0. The molecule has 150 valence electrons. The van der Waals surface area contributed by atoms with Gasteiger partial charge in [0.15, 0.2) is 0 Å². The first-order chi connectivity index (χ1) is 12.2. The molecular weight excluding hydrogens is 328 g/mol. The van der Waals surface area contributed by atoms with Crippen molar-refractivity contribution in [3.63, 3.8) is 0 Å². The van der Waals surface area contributed by atoms with Crippen LogP contribution in [0, 0.1) is 23.2 Å². The summed E-state index contributed by atoms with van der Waals surface area (Å²) in [5.41, 5.74) is 0.341. The van der Waals surface area contributed by atoms with Crippen LogP contribution in [0.25, 0.3) is 0 Å². The monoisotopic (exact) mass is 366 g/mol. The van der Waals surface area contributed by atoms with Crippen molar-refractivity contribution in [2.75, 3.05) is 32.8 Å². The summed E-state index contributed by atoms with van der Waals surface area (Å²) >= 11 is 0. The first-order valence-electron chi connectivity index (χ1n) is 10.4. The predicted octanol–water partition coefficient (Wildman–Crippen LogP) is 4.17. The number of carbonyl (C=O) groups is 2. The van der Waals surface area contributed by atoms with E-state index in [2.05, 4.69) is 20.8 Å². The van der Waals surface area contributed by atoms with Crippen molar-refractivity contribution in [2.45, 2.75) is 66.7 Å². The van der Waals surface area contributed by atoms with Crippen molar-refractivity contribution in [3.05, 3.63) is 0 Å². The molecular formula is C21H38N2O3. The molecule has 26 heavy (non-hydrogen) atoms. The number of rotatable bonds is 3. The fourth-order valence-electron chi connectivity index (χ4n) is 4.11. The second-order valence-electron chi connectivity index (χ2n) is 9.55. The van der Waals surface area contributed by atoms with Crippen LogP contribution in [0.3, 0.4) is 0 Å². The van der Waals surface area contributed by atoms with Gasteiger partial charge in [0, 0.05) is 32.1 Å². The van der Waals surface area contributed by atoms with Gasteiger partial charge >= 0.3 is 6.09 Å². The third kappa shape index (κ3) is 5.88. The molecule has 0 atom stereocenters. The second-order valence-corrected chi connectivity index (χ2v) is 9.55. The molecule has 0 spiro atoms. The lowest BCUT2D eigenvalue weighted by Gasteiger charge is -2.37. The van der Waals surface area contributed by atoms with Crippen molar-refractivity contribution >= 4 is 12.0 Å². The minimum atomic E-state index is -0.237. The number of carbonyl (C=O) groups excluding carboxylic acids is 2. The Morgan fingerprint density at radius 3 is 2.12 bits per heavy atom. The Kier molecular flexibility index (Phi) is 7.36. The highest BCUT2D eigenvalue weighted by molar-refractivity contribution is 5.79. The quantitative estimate of drug-likeness (QED) is 0.753. The van der Waals surface area contributed by atoms with Crippen LogP contribution in [-0.2, 0) is 9.53 Å². The van der Waals surface area contributed by atoms with Crippen LogP contribution in [0.1, 0.15) is 66.7 Å². The Labute approximate surface area is 159 Å². The van der Waals surface area contributed by atoms with Crippen molar-refractivity contribution < 1.29 is 14.3 Å². The Morgan fingerprint density at radius 1 is 0.962 bits per heavy atom. The summed E-state index contributed by atoms with van der Waals surface area (Å²) in [6, 6.07) is 0. The van der Waals surface area contributed by atoms with Gasteiger partial charge in [0.2, 0.25) is 5.91 Å². The SMILES string of the molecule is CC(C)COC(=O)N1CCCN(C(=O)C2CCC(C(C)(C)C)CC2)CC1. The van der Waals surface area contributed by atoms with Gasteiger partial charge in [-0.05, 0) is 49.4 Å². The topological polar surface area (TPSA) is 49.9 Å². The molecule has 1 saturated carbocycles. The summed E-state index contributed by atoms with van der Waals surface area (Å²) in [6.07, 6.45) is 4.93. The van der Waals surface area contributed by atoms with E-state index in [0.29, 0.717) is 43.5 Å². The average Bonchev–Trinajstić information content (AvgIpc) is 2.84. The van der Waals surface area contributed by atoms with E-state index in [0.717, 1.165) is 44.6 Å². The highest BCUT2D eigenvalue weighted by atomic mass is 16.6. The predicted molar refractivity (Wildman–Crippen MR) is 104 cm³/mol. The maximum absolute atomic E-state index is 12.9. The minimum Gasteiger partial charge on any atom is -0.449 e. The van der Waals surface area contributed by atoms with E-state index in [-0.39, 0.29) is 12.0 Å². The van der Waals surface area contributed by atoms with Gasteiger partial charge in [-0.3, -0.25) is 4.79 Å². The zero-order chi connectivity index (χ0) is 19.3. The molecule has 0 aromatic rings. The highest BCUT2D eigenvalue weighted by Gasteiger charge is 2.34. The van der Waals surface area contributed by atoms with Crippen molar-refractivity contribution in [3.8, 4) is 0 Å². The van der Waals surface area contributed by atoms with Crippen molar-refractivity contribution in [1.29, 1.82) is 0 Å². The fraction of sp³-hybridized carbons (Fsp3) is 0.905. The summed E-state index contributed by atoms with van der Waals surface area (Å²) in [5.74, 6) is 1.54. The maximum atomic E-state index is 12.9. The van der Waals surface area contributed by atoms with E-state index in [4.69, 9.17) is 4.74 Å². The number of amides is 2. The third-order valence-electron chi connectivity index (χ3n) is 5.91. The maximum Gasteiger partial charge on any atom is 0.409 e.